The predicted octanol–water partition coefficient (Wildman–Crippen LogP) is -2.24. The molecule has 0 bridgehead atoms. The summed E-state index contributed by atoms with van der Waals surface area (Å²) in [7, 11) is 0. The zero-order valence-electron chi connectivity index (χ0n) is 11.0. The van der Waals surface area contributed by atoms with Gasteiger partial charge in [-0.3, -0.25) is 5.43 Å². The lowest BCUT2D eigenvalue weighted by Gasteiger charge is -2.27. The Kier molecular flexibility index (Phi) is 5.24. The Morgan fingerprint density at radius 3 is 2.60 bits per heavy atom. The topological polar surface area (TPSA) is 142 Å². The third kappa shape index (κ3) is 3.87. The summed E-state index contributed by atoms with van der Waals surface area (Å²) in [5.74, 6) is 6.32. The van der Waals surface area contributed by atoms with Crippen LogP contribution in [0, 0.1) is 0 Å². The van der Waals surface area contributed by atoms with Gasteiger partial charge < -0.3 is 25.2 Å². The van der Waals surface area contributed by atoms with Gasteiger partial charge >= 0.3 is 0 Å². The summed E-state index contributed by atoms with van der Waals surface area (Å²) in [6, 6.07) is 0. The average Bonchev–Trinajstić information content (AvgIpc) is 2.53. The molecular weight excluding hydrogens is 266 g/mol. The van der Waals surface area contributed by atoms with Gasteiger partial charge in [0.05, 0.1) is 25.9 Å². The quantitative estimate of drug-likeness (QED) is 0.287. The van der Waals surface area contributed by atoms with Crippen LogP contribution in [0.2, 0.25) is 0 Å². The highest BCUT2D eigenvalue weighted by Crippen LogP contribution is 2.14. The lowest BCUT2D eigenvalue weighted by atomic mass is 10.4. The molecule has 0 radical (unpaired) electrons. The van der Waals surface area contributed by atoms with Gasteiger partial charge in [0.2, 0.25) is 17.8 Å². The van der Waals surface area contributed by atoms with Crippen LogP contribution in [0.3, 0.4) is 0 Å². The van der Waals surface area contributed by atoms with Crippen LogP contribution >= 0.6 is 0 Å². The summed E-state index contributed by atoms with van der Waals surface area (Å²) in [5.41, 5.74) is 2.38. The van der Waals surface area contributed by atoms with E-state index < -0.39 is 6.10 Å². The van der Waals surface area contributed by atoms with Gasteiger partial charge in [0.15, 0.2) is 0 Å². The first-order valence-electron chi connectivity index (χ1n) is 6.31. The lowest BCUT2D eigenvalue weighted by Crippen LogP contribution is -2.37. The summed E-state index contributed by atoms with van der Waals surface area (Å²) in [5, 5.41) is 20.9. The van der Waals surface area contributed by atoms with E-state index in [1.165, 1.54) is 0 Å². The number of aliphatic hydroxyl groups excluding tert-OH is 2. The Morgan fingerprint density at radius 1 is 1.25 bits per heavy atom. The second-order valence-corrected chi connectivity index (χ2v) is 4.24. The molecule has 1 aliphatic rings. The third-order valence-corrected chi connectivity index (χ3v) is 2.75. The standard InChI is InChI=1S/C10H19N7O3/c11-16-9-13-8(12-5-7(19)6-18)14-10(15-9)17-1-3-20-4-2-17/h7,18-19H,1-6,11H2,(H2,12,13,14,15,16). The molecule has 2 heterocycles. The normalized spacial score (nSPS) is 16.9. The van der Waals surface area contributed by atoms with Crippen molar-refractivity contribution in [3.8, 4) is 0 Å². The SMILES string of the molecule is NNc1nc(NCC(O)CO)nc(N2CCOCC2)n1. The zero-order valence-corrected chi connectivity index (χ0v) is 11.0. The van der Waals surface area contributed by atoms with Gasteiger partial charge in [0.25, 0.3) is 0 Å². The molecule has 1 aliphatic heterocycles. The number of aliphatic hydroxyl groups is 2. The van der Waals surface area contributed by atoms with Crippen molar-refractivity contribution in [2.45, 2.75) is 6.10 Å². The van der Waals surface area contributed by atoms with Gasteiger partial charge in [-0.1, -0.05) is 0 Å². The van der Waals surface area contributed by atoms with E-state index in [0.29, 0.717) is 32.3 Å². The van der Waals surface area contributed by atoms with Crippen LogP contribution in [0.4, 0.5) is 17.8 Å². The lowest BCUT2D eigenvalue weighted by molar-refractivity contribution is 0.105. The number of nitrogens with one attached hydrogen (secondary N) is 2. The molecule has 0 aliphatic carbocycles. The highest BCUT2D eigenvalue weighted by Gasteiger charge is 2.16. The molecule has 0 amide bonds. The number of hydrogen-bond donors (Lipinski definition) is 5. The molecule has 1 saturated heterocycles. The van der Waals surface area contributed by atoms with Crippen LogP contribution in [0.5, 0.6) is 0 Å². The molecule has 112 valence electrons. The number of anilines is 3. The summed E-state index contributed by atoms with van der Waals surface area (Å²) in [6.07, 6.45) is -0.882. The maximum Gasteiger partial charge on any atom is 0.243 e. The highest BCUT2D eigenvalue weighted by molar-refractivity contribution is 5.43. The molecule has 0 spiro atoms. The number of ether oxygens (including phenoxy) is 1. The fraction of sp³-hybridized carbons (Fsp3) is 0.700. The maximum absolute atomic E-state index is 9.31. The van der Waals surface area contributed by atoms with Crippen molar-refractivity contribution < 1.29 is 14.9 Å². The van der Waals surface area contributed by atoms with Crippen molar-refractivity contribution in [3.63, 3.8) is 0 Å². The number of aromatic nitrogens is 3. The minimum Gasteiger partial charge on any atom is -0.394 e. The molecule has 0 saturated carbocycles. The van der Waals surface area contributed by atoms with E-state index in [2.05, 4.69) is 25.7 Å². The maximum atomic E-state index is 9.31. The second-order valence-electron chi connectivity index (χ2n) is 4.24. The van der Waals surface area contributed by atoms with Crippen LogP contribution in [0.1, 0.15) is 0 Å². The van der Waals surface area contributed by atoms with Gasteiger partial charge in [-0.05, 0) is 0 Å². The molecule has 10 nitrogen and oxygen atoms in total. The first-order valence-corrected chi connectivity index (χ1v) is 6.31. The van der Waals surface area contributed by atoms with E-state index in [-0.39, 0.29) is 25.0 Å². The van der Waals surface area contributed by atoms with Gasteiger partial charge in [-0.2, -0.15) is 15.0 Å². The molecular formula is C10H19N7O3. The van der Waals surface area contributed by atoms with Crippen LogP contribution in [0.15, 0.2) is 0 Å². The van der Waals surface area contributed by atoms with E-state index in [1.807, 2.05) is 4.90 Å². The summed E-state index contributed by atoms with van der Waals surface area (Å²) >= 11 is 0. The van der Waals surface area contributed by atoms with E-state index >= 15 is 0 Å². The molecule has 1 aromatic heterocycles. The van der Waals surface area contributed by atoms with Crippen LogP contribution in [0.25, 0.3) is 0 Å². The van der Waals surface area contributed by atoms with Crippen LogP contribution in [-0.2, 0) is 4.74 Å². The fourth-order valence-corrected chi connectivity index (χ4v) is 1.69. The number of morpholine rings is 1. The number of nitrogens with zero attached hydrogens (tertiary/aromatic N) is 4. The number of nitrogen functional groups attached to an aromatic ring is 1. The minimum atomic E-state index is -0.882. The molecule has 1 unspecified atom stereocenters. The fourth-order valence-electron chi connectivity index (χ4n) is 1.69. The Morgan fingerprint density at radius 2 is 1.95 bits per heavy atom. The second kappa shape index (κ2) is 7.14. The smallest absolute Gasteiger partial charge is 0.243 e. The average molecular weight is 285 g/mol. The minimum absolute atomic E-state index is 0.132. The van der Waals surface area contributed by atoms with Crippen molar-refractivity contribution in [2.24, 2.45) is 5.84 Å². The number of hydrogen-bond acceptors (Lipinski definition) is 10. The van der Waals surface area contributed by atoms with Gasteiger partial charge in [0.1, 0.15) is 0 Å². The predicted molar refractivity (Wildman–Crippen MR) is 72.3 cm³/mol. The zero-order chi connectivity index (χ0) is 14.4. The largest absolute Gasteiger partial charge is 0.394 e. The highest BCUT2D eigenvalue weighted by atomic mass is 16.5. The van der Waals surface area contributed by atoms with E-state index in [4.69, 9.17) is 15.7 Å². The molecule has 6 N–H and O–H groups in total. The Labute approximate surface area is 116 Å². The first kappa shape index (κ1) is 14.7. The van der Waals surface area contributed by atoms with Crippen molar-refractivity contribution in [1.82, 2.24) is 15.0 Å². The molecule has 0 aromatic carbocycles. The number of hydrazine groups is 1. The number of rotatable bonds is 6. The van der Waals surface area contributed by atoms with Gasteiger partial charge in [0, 0.05) is 19.6 Å². The van der Waals surface area contributed by atoms with Crippen LogP contribution < -0.4 is 21.5 Å². The molecule has 1 aromatic rings. The molecule has 20 heavy (non-hydrogen) atoms. The van der Waals surface area contributed by atoms with Crippen molar-refractivity contribution >= 4 is 17.8 Å². The summed E-state index contributed by atoms with van der Waals surface area (Å²) < 4.78 is 5.27. The van der Waals surface area contributed by atoms with E-state index in [0.717, 1.165) is 0 Å². The van der Waals surface area contributed by atoms with Gasteiger partial charge in [-0.25, -0.2) is 5.84 Å². The Hall–Kier alpha value is -1.75. The van der Waals surface area contributed by atoms with Crippen LogP contribution in [-0.4, -0.2) is 70.7 Å². The Balaban J connectivity index is 2.10. The van der Waals surface area contributed by atoms with Crippen molar-refractivity contribution in [3.05, 3.63) is 0 Å². The number of nitrogens with two attached hydrogens (primary N) is 1. The van der Waals surface area contributed by atoms with E-state index in [1.54, 1.807) is 0 Å². The first-order chi connectivity index (χ1) is 9.72. The van der Waals surface area contributed by atoms with Crippen molar-refractivity contribution in [1.29, 1.82) is 0 Å². The van der Waals surface area contributed by atoms with E-state index in [9.17, 15) is 5.11 Å². The third-order valence-electron chi connectivity index (χ3n) is 2.75. The molecule has 1 fully saturated rings. The summed E-state index contributed by atoms with van der Waals surface area (Å²) in [4.78, 5) is 14.4. The molecule has 2 rings (SSSR count). The molecule has 10 heteroatoms. The van der Waals surface area contributed by atoms with Crippen molar-refractivity contribution in [2.75, 3.05) is 55.1 Å². The summed E-state index contributed by atoms with van der Waals surface area (Å²) in [6.45, 7) is 2.40. The monoisotopic (exact) mass is 285 g/mol. The molecule has 1 atom stereocenters. The van der Waals surface area contributed by atoms with Gasteiger partial charge in [-0.15, -0.1) is 0 Å². The Bertz CT molecular complexity index is 427.